The van der Waals surface area contributed by atoms with Gasteiger partial charge in [-0.2, -0.15) is 26.7 Å². The van der Waals surface area contributed by atoms with E-state index in [9.17, 15) is 26.4 Å². The predicted octanol–water partition coefficient (Wildman–Crippen LogP) is 1.06. The van der Waals surface area contributed by atoms with Gasteiger partial charge >= 0.3 is 6.18 Å². The number of carbonyl (C=O) groups is 1. The third kappa shape index (κ3) is 3.45. The number of allylic oxidation sites excluding steroid dienone is 3. The van der Waals surface area contributed by atoms with Gasteiger partial charge in [-0.05, 0) is 12.2 Å². The predicted molar refractivity (Wildman–Crippen MR) is 71.4 cm³/mol. The van der Waals surface area contributed by atoms with E-state index < -0.39 is 28.1 Å². The van der Waals surface area contributed by atoms with Crippen molar-refractivity contribution in [3.63, 3.8) is 0 Å². The Morgan fingerprint density at radius 3 is 2.50 bits per heavy atom. The molecule has 1 aromatic heterocycles. The monoisotopic (exact) mass is 333 g/mol. The molecular formula is C12H10F3N3O3S. The minimum absolute atomic E-state index is 0.0986. The molecule has 1 aromatic rings. The van der Waals surface area contributed by atoms with E-state index in [2.05, 4.69) is 10.4 Å². The van der Waals surface area contributed by atoms with Crippen LogP contribution in [0.25, 0.3) is 0 Å². The van der Waals surface area contributed by atoms with E-state index in [-0.39, 0.29) is 17.0 Å². The van der Waals surface area contributed by atoms with Crippen molar-refractivity contribution in [2.75, 3.05) is 0 Å². The van der Waals surface area contributed by atoms with Gasteiger partial charge in [0.05, 0.1) is 4.86 Å². The van der Waals surface area contributed by atoms with Crippen LogP contribution in [-0.2, 0) is 23.5 Å². The molecule has 0 fully saturated rings. The SMILES string of the molecule is Cn1nc(C(F)(F)F)cc1C(=O)NC1=CCC(=S(=O)=O)C=C1. The Morgan fingerprint density at radius 1 is 1.36 bits per heavy atom. The largest absolute Gasteiger partial charge is 0.435 e. The second-order valence-electron chi connectivity index (χ2n) is 4.39. The van der Waals surface area contributed by atoms with Crippen molar-refractivity contribution in [1.82, 2.24) is 15.1 Å². The molecule has 0 radical (unpaired) electrons. The second-order valence-corrected chi connectivity index (χ2v) is 5.38. The molecule has 0 saturated carbocycles. The Balaban J connectivity index is 2.16. The van der Waals surface area contributed by atoms with E-state index in [1.54, 1.807) is 0 Å². The van der Waals surface area contributed by atoms with Gasteiger partial charge in [-0.15, -0.1) is 0 Å². The smallest absolute Gasteiger partial charge is 0.321 e. The molecule has 0 aromatic carbocycles. The van der Waals surface area contributed by atoms with Crippen molar-refractivity contribution in [2.45, 2.75) is 12.6 Å². The summed E-state index contributed by atoms with van der Waals surface area (Å²) in [5, 5.41) is 5.63. The fraction of sp³-hybridized carbons (Fsp3) is 0.250. The van der Waals surface area contributed by atoms with Crippen LogP contribution in [0.1, 0.15) is 22.6 Å². The summed E-state index contributed by atoms with van der Waals surface area (Å²) < 4.78 is 59.9. The lowest BCUT2D eigenvalue weighted by molar-refractivity contribution is -0.141. The fourth-order valence-corrected chi connectivity index (χ4v) is 2.16. The molecular weight excluding hydrogens is 323 g/mol. The van der Waals surface area contributed by atoms with Crippen LogP contribution >= 0.6 is 0 Å². The summed E-state index contributed by atoms with van der Waals surface area (Å²) in [6.45, 7) is 0. The zero-order valence-electron chi connectivity index (χ0n) is 11.2. The van der Waals surface area contributed by atoms with Crippen molar-refractivity contribution in [3.8, 4) is 0 Å². The molecule has 1 aliphatic carbocycles. The maximum atomic E-state index is 12.5. The lowest BCUT2D eigenvalue weighted by Crippen LogP contribution is -2.25. The molecule has 0 unspecified atom stereocenters. The highest BCUT2D eigenvalue weighted by Gasteiger charge is 2.35. The summed E-state index contributed by atoms with van der Waals surface area (Å²) in [6, 6.07) is 0.646. The molecule has 0 spiro atoms. The number of carbonyl (C=O) groups excluding carboxylic acids is 1. The topological polar surface area (TPSA) is 81.1 Å². The average Bonchev–Trinajstić information content (AvgIpc) is 2.81. The first-order valence-electron chi connectivity index (χ1n) is 5.94. The first kappa shape index (κ1) is 16.0. The number of rotatable bonds is 2. The van der Waals surface area contributed by atoms with Crippen molar-refractivity contribution in [2.24, 2.45) is 7.05 Å². The maximum Gasteiger partial charge on any atom is 0.435 e. The number of alkyl halides is 3. The number of aryl methyl sites for hydroxylation is 1. The summed E-state index contributed by atoms with van der Waals surface area (Å²) in [5.74, 6) is -0.770. The number of amides is 1. The highest BCUT2D eigenvalue weighted by Crippen LogP contribution is 2.28. The van der Waals surface area contributed by atoms with Gasteiger partial charge in [0.15, 0.2) is 5.69 Å². The van der Waals surface area contributed by atoms with Crippen LogP contribution in [-0.4, -0.2) is 29.0 Å². The van der Waals surface area contributed by atoms with Gasteiger partial charge in [-0.1, -0.05) is 6.08 Å². The quantitative estimate of drug-likeness (QED) is 0.821. The molecule has 2 rings (SSSR count). The molecule has 1 N–H and O–H groups in total. The lowest BCUT2D eigenvalue weighted by Gasteiger charge is -2.09. The zero-order valence-corrected chi connectivity index (χ0v) is 12.0. The Bertz CT molecular complexity index is 808. The van der Waals surface area contributed by atoms with E-state index in [1.807, 2.05) is 0 Å². The summed E-state index contributed by atoms with van der Waals surface area (Å²) in [7, 11) is -1.12. The van der Waals surface area contributed by atoms with Crippen LogP contribution in [0.4, 0.5) is 13.2 Å². The molecule has 1 amide bonds. The van der Waals surface area contributed by atoms with Gasteiger partial charge in [0.25, 0.3) is 5.91 Å². The van der Waals surface area contributed by atoms with Gasteiger partial charge in [0.2, 0.25) is 10.3 Å². The Hall–Kier alpha value is -2.36. The minimum atomic E-state index is -4.64. The second kappa shape index (κ2) is 5.79. The van der Waals surface area contributed by atoms with Gasteiger partial charge in [0.1, 0.15) is 5.69 Å². The molecule has 10 heteroatoms. The summed E-state index contributed by atoms with van der Waals surface area (Å²) in [4.78, 5) is 12.1. The maximum absolute atomic E-state index is 12.5. The van der Waals surface area contributed by atoms with Crippen LogP contribution in [0.15, 0.2) is 30.0 Å². The third-order valence-corrected chi connectivity index (χ3v) is 3.58. The molecule has 0 aliphatic heterocycles. The highest BCUT2D eigenvalue weighted by molar-refractivity contribution is 7.73. The van der Waals surface area contributed by atoms with Crippen molar-refractivity contribution >= 4 is 21.1 Å². The minimum Gasteiger partial charge on any atom is -0.321 e. The Kier molecular flexibility index (Phi) is 4.22. The third-order valence-electron chi connectivity index (χ3n) is 2.85. The zero-order chi connectivity index (χ0) is 16.5. The van der Waals surface area contributed by atoms with Crippen LogP contribution in [0.5, 0.6) is 0 Å². The van der Waals surface area contributed by atoms with Crippen LogP contribution in [0.3, 0.4) is 0 Å². The Labute approximate surface area is 124 Å². The summed E-state index contributed by atoms with van der Waals surface area (Å²) in [6.07, 6.45) is -0.426. The number of aromatic nitrogens is 2. The van der Waals surface area contributed by atoms with Crippen molar-refractivity contribution < 1.29 is 26.4 Å². The van der Waals surface area contributed by atoms with Gasteiger partial charge in [-0.25, -0.2) is 0 Å². The summed E-state index contributed by atoms with van der Waals surface area (Å²) in [5.41, 5.74) is -1.12. The highest BCUT2D eigenvalue weighted by atomic mass is 32.2. The number of nitrogens with one attached hydrogen (secondary N) is 1. The van der Waals surface area contributed by atoms with Crippen molar-refractivity contribution in [3.05, 3.63) is 41.4 Å². The lowest BCUT2D eigenvalue weighted by atomic mass is 10.1. The number of halogens is 3. The average molecular weight is 333 g/mol. The molecule has 118 valence electrons. The number of hydrogen-bond donors (Lipinski definition) is 1. The molecule has 1 aliphatic rings. The molecule has 22 heavy (non-hydrogen) atoms. The van der Waals surface area contributed by atoms with Gasteiger partial charge in [-0.3, -0.25) is 9.48 Å². The van der Waals surface area contributed by atoms with Gasteiger partial charge in [0, 0.05) is 25.2 Å². The van der Waals surface area contributed by atoms with Gasteiger partial charge < -0.3 is 5.32 Å². The van der Waals surface area contributed by atoms with Crippen LogP contribution in [0.2, 0.25) is 0 Å². The van der Waals surface area contributed by atoms with E-state index in [1.165, 1.54) is 25.3 Å². The molecule has 0 atom stereocenters. The van der Waals surface area contributed by atoms with Crippen LogP contribution in [0, 0.1) is 0 Å². The van der Waals surface area contributed by atoms with E-state index >= 15 is 0 Å². The molecule has 0 bridgehead atoms. The fourth-order valence-electron chi connectivity index (χ4n) is 1.76. The number of nitrogens with zero attached hydrogens (tertiary/aromatic N) is 2. The van der Waals surface area contributed by atoms with E-state index in [0.717, 1.165) is 4.68 Å². The molecule has 0 saturated heterocycles. The standard InChI is InChI=1S/C12H10F3N3O3S/c1-18-9(6-10(17-18)12(13,14)15)11(19)16-7-2-4-8(5-3-7)22(20)21/h2-4,6H,5H2,1H3,(H,16,19). The first-order chi connectivity index (χ1) is 10.2. The van der Waals surface area contributed by atoms with Crippen molar-refractivity contribution in [1.29, 1.82) is 0 Å². The number of hydrogen-bond acceptors (Lipinski definition) is 4. The molecule has 1 heterocycles. The van der Waals surface area contributed by atoms with E-state index in [0.29, 0.717) is 11.8 Å². The van der Waals surface area contributed by atoms with Crippen LogP contribution < -0.4 is 5.32 Å². The Morgan fingerprint density at radius 2 is 2.05 bits per heavy atom. The summed E-state index contributed by atoms with van der Waals surface area (Å²) >= 11 is 0. The molecule has 6 nitrogen and oxygen atoms in total. The normalized spacial score (nSPS) is 14.7. The van der Waals surface area contributed by atoms with E-state index in [4.69, 9.17) is 0 Å². The first-order valence-corrected chi connectivity index (χ1v) is 7.02.